The van der Waals surface area contributed by atoms with Crippen LogP contribution in [-0.2, 0) is 26.6 Å². The van der Waals surface area contributed by atoms with Crippen molar-refractivity contribution in [2.75, 3.05) is 7.11 Å². The van der Waals surface area contributed by atoms with E-state index >= 15 is 0 Å². The number of esters is 1. The van der Waals surface area contributed by atoms with E-state index in [2.05, 4.69) is 9.97 Å². The Morgan fingerprint density at radius 2 is 1.82 bits per heavy atom. The van der Waals surface area contributed by atoms with Gasteiger partial charge < -0.3 is 14.2 Å². The zero-order valence-electron chi connectivity index (χ0n) is 21.3. The first-order chi connectivity index (χ1) is 19.0. The van der Waals surface area contributed by atoms with Crippen molar-refractivity contribution in [3.8, 4) is 5.75 Å². The Balaban J connectivity index is 1.36. The van der Waals surface area contributed by atoms with Crippen LogP contribution in [0.15, 0.2) is 88.8 Å². The molecule has 0 bridgehead atoms. The van der Waals surface area contributed by atoms with Gasteiger partial charge in [-0.15, -0.1) is 11.3 Å². The number of hydrogen-bond donors (Lipinski definition) is 0. The largest absolute Gasteiger partial charge is 0.497 e. The SMILES string of the molecule is COc1ccc(COC(=O)C(OC(=O)n2c(SCc3ccc(C)cn3)nc3cscc32)c2ccccc2)cc1. The van der Waals surface area contributed by atoms with Crippen molar-refractivity contribution in [1.29, 1.82) is 0 Å². The molecule has 3 heterocycles. The maximum atomic E-state index is 13.6. The predicted octanol–water partition coefficient (Wildman–Crippen LogP) is 6.57. The molecule has 0 radical (unpaired) electrons. The first kappa shape index (κ1) is 26.5. The third-order valence-corrected chi connectivity index (χ3v) is 7.54. The van der Waals surface area contributed by atoms with Gasteiger partial charge in [0.05, 0.1) is 18.3 Å². The summed E-state index contributed by atoms with van der Waals surface area (Å²) in [5, 5.41) is 4.15. The van der Waals surface area contributed by atoms with Crippen molar-refractivity contribution in [2.24, 2.45) is 0 Å². The molecule has 0 aliphatic rings. The van der Waals surface area contributed by atoms with Gasteiger partial charge >= 0.3 is 12.1 Å². The monoisotopic (exact) mass is 559 g/mol. The molecule has 10 heteroatoms. The fourth-order valence-electron chi connectivity index (χ4n) is 3.77. The molecule has 5 rings (SSSR count). The first-order valence-electron chi connectivity index (χ1n) is 12.1. The number of pyridine rings is 1. The van der Waals surface area contributed by atoms with E-state index in [0.717, 1.165) is 16.8 Å². The first-order valence-corrected chi connectivity index (χ1v) is 14.0. The fourth-order valence-corrected chi connectivity index (χ4v) is 5.41. The summed E-state index contributed by atoms with van der Waals surface area (Å²) >= 11 is 2.81. The molecule has 0 N–H and O–H groups in total. The molecule has 198 valence electrons. The summed E-state index contributed by atoms with van der Waals surface area (Å²) in [5.74, 6) is 0.543. The summed E-state index contributed by atoms with van der Waals surface area (Å²) in [4.78, 5) is 35.9. The number of imidazole rings is 1. The van der Waals surface area contributed by atoms with Crippen LogP contribution in [0.2, 0.25) is 0 Å². The standard InChI is InChI=1S/C29H25N3O5S2/c1-19-8-11-22(30-14-19)16-39-28-31-24-17-38-18-25(24)32(28)29(34)37-26(21-6-4-3-5-7-21)27(33)36-15-20-9-12-23(35-2)13-10-20/h3-14,17-18,26H,15-16H2,1-2H3. The van der Waals surface area contributed by atoms with Crippen LogP contribution in [0.4, 0.5) is 4.79 Å². The number of carbonyl (C=O) groups excluding carboxylic acids is 2. The van der Waals surface area contributed by atoms with Crippen molar-refractivity contribution < 1.29 is 23.8 Å². The summed E-state index contributed by atoms with van der Waals surface area (Å²) in [6.07, 6.45) is -0.174. The van der Waals surface area contributed by atoms with E-state index in [1.165, 1.54) is 27.7 Å². The number of fused-ring (bicyclic) bond motifs is 1. The Hall–Kier alpha value is -4.15. The molecule has 0 amide bonds. The molecule has 5 aromatic rings. The Labute approximate surface area is 233 Å². The average molecular weight is 560 g/mol. The minimum Gasteiger partial charge on any atom is -0.497 e. The highest BCUT2D eigenvalue weighted by Gasteiger charge is 2.29. The lowest BCUT2D eigenvalue weighted by molar-refractivity contribution is -0.155. The molecule has 2 aromatic carbocycles. The number of thioether (sulfide) groups is 1. The van der Waals surface area contributed by atoms with E-state index in [-0.39, 0.29) is 6.61 Å². The van der Waals surface area contributed by atoms with Crippen LogP contribution in [0.3, 0.4) is 0 Å². The topological polar surface area (TPSA) is 92.5 Å². The number of nitrogens with zero attached hydrogens (tertiary/aromatic N) is 3. The molecule has 0 spiro atoms. The molecule has 0 saturated carbocycles. The van der Waals surface area contributed by atoms with Gasteiger partial charge in [0.1, 0.15) is 17.9 Å². The van der Waals surface area contributed by atoms with Gasteiger partial charge in [0.15, 0.2) is 5.16 Å². The van der Waals surface area contributed by atoms with Crippen LogP contribution >= 0.6 is 23.1 Å². The molecular weight excluding hydrogens is 534 g/mol. The molecule has 1 atom stereocenters. The summed E-state index contributed by atoms with van der Waals surface area (Å²) in [5.41, 5.74) is 4.50. The number of methoxy groups -OCH3 is 1. The molecular formula is C29H25N3O5S2. The summed E-state index contributed by atoms with van der Waals surface area (Å²) in [7, 11) is 1.58. The molecule has 0 fully saturated rings. The van der Waals surface area contributed by atoms with Gasteiger partial charge in [-0.1, -0.05) is 60.3 Å². The van der Waals surface area contributed by atoms with Crippen LogP contribution in [-0.4, -0.2) is 33.7 Å². The Bertz CT molecular complexity index is 1560. The van der Waals surface area contributed by atoms with E-state index in [9.17, 15) is 9.59 Å². The number of carbonyl (C=O) groups is 2. The van der Waals surface area contributed by atoms with E-state index < -0.39 is 18.2 Å². The predicted molar refractivity (Wildman–Crippen MR) is 150 cm³/mol. The highest BCUT2D eigenvalue weighted by Crippen LogP contribution is 2.30. The van der Waals surface area contributed by atoms with Gasteiger partial charge in [-0.3, -0.25) is 4.98 Å². The number of hydrogen-bond acceptors (Lipinski definition) is 9. The lowest BCUT2D eigenvalue weighted by Gasteiger charge is -2.18. The highest BCUT2D eigenvalue weighted by atomic mass is 32.2. The second-order valence-corrected chi connectivity index (χ2v) is 10.3. The van der Waals surface area contributed by atoms with Crippen molar-refractivity contribution in [2.45, 2.75) is 30.5 Å². The van der Waals surface area contributed by atoms with E-state index in [0.29, 0.717) is 33.3 Å². The quantitative estimate of drug-likeness (QED) is 0.148. The van der Waals surface area contributed by atoms with Gasteiger partial charge in [0, 0.05) is 28.3 Å². The second-order valence-electron chi connectivity index (χ2n) is 8.62. The summed E-state index contributed by atoms with van der Waals surface area (Å²) in [6.45, 7) is 2.00. The number of benzene rings is 2. The second kappa shape index (κ2) is 12.1. The van der Waals surface area contributed by atoms with Crippen LogP contribution in [0.5, 0.6) is 5.75 Å². The van der Waals surface area contributed by atoms with E-state index in [4.69, 9.17) is 14.2 Å². The number of aromatic nitrogens is 3. The van der Waals surface area contributed by atoms with Gasteiger partial charge in [-0.05, 0) is 36.2 Å². The molecule has 1 unspecified atom stereocenters. The van der Waals surface area contributed by atoms with Crippen LogP contribution in [0, 0.1) is 6.92 Å². The van der Waals surface area contributed by atoms with Crippen LogP contribution in [0.1, 0.15) is 28.5 Å². The molecule has 8 nitrogen and oxygen atoms in total. The minimum atomic E-state index is -1.26. The normalized spacial score (nSPS) is 11.7. The number of aryl methyl sites for hydroxylation is 1. The maximum Gasteiger partial charge on any atom is 0.421 e. The van der Waals surface area contributed by atoms with E-state index in [1.54, 1.807) is 61.8 Å². The van der Waals surface area contributed by atoms with Crippen LogP contribution < -0.4 is 4.74 Å². The number of ether oxygens (including phenoxy) is 3. The molecule has 0 aliphatic heterocycles. The van der Waals surface area contributed by atoms with Crippen LogP contribution in [0.25, 0.3) is 11.0 Å². The smallest absolute Gasteiger partial charge is 0.421 e. The maximum absolute atomic E-state index is 13.6. The zero-order valence-corrected chi connectivity index (χ0v) is 22.9. The number of thiophene rings is 1. The Morgan fingerprint density at radius 3 is 2.54 bits per heavy atom. The van der Waals surface area contributed by atoms with Crippen molar-refractivity contribution in [3.63, 3.8) is 0 Å². The average Bonchev–Trinajstić information content (AvgIpc) is 3.56. The molecule has 39 heavy (non-hydrogen) atoms. The van der Waals surface area contributed by atoms with Gasteiger partial charge in [0.2, 0.25) is 6.10 Å². The third kappa shape index (κ3) is 6.30. The van der Waals surface area contributed by atoms with Crippen molar-refractivity contribution in [3.05, 3.63) is 106 Å². The third-order valence-electron chi connectivity index (χ3n) is 5.85. The highest BCUT2D eigenvalue weighted by molar-refractivity contribution is 7.98. The fraction of sp³-hybridized carbons (Fsp3) is 0.172. The minimum absolute atomic E-state index is 0.0220. The van der Waals surface area contributed by atoms with Crippen molar-refractivity contribution >= 4 is 46.2 Å². The molecule has 0 aliphatic carbocycles. The number of rotatable bonds is 9. The van der Waals surface area contributed by atoms with Gasteiger partial charge in [-0.25, -0.2) is 19.1 Å². The molecule has 0 saturated heterocycles. The molecule has 3 aromatic heterocycles. The lowest BCUT2D eigenvalue weighted by atomic mass is 10.1. The van der Waals surface area contributed by atoms with Crippen molar-refractivity contribution in [1.82, 2.24) is 14.5 Å². The van der Waals surface area contributed by atoms with E-state index in [1.807, 2.05) is 35.9 Å². The Morgan fingerprint density at radius 1 is 1.03 bits per heavy atom. The van der Waals surface area contributed by atoms with Gasteiger partial charge in [-0.2, -0.15) is 0 Å². The summed E-state index contributed by atoms with van der Waals surface area (Å²) in [6, 6.07) is 19.9. The Kier molecular flexibility index (Phi) is 8.24. The summed E-state index contributed by atoms with van der Waals surface area (Å²) < 4.78 is 18.0. The zero-order chi connectivity index (χ0) is 27.2. The lowest BCUT2D eigenvalue weighted by Crippen LogP contribution is -2.25. The van der Waals surface area contributed by atoms with Gasteiger partial charge in [0.25, 0.3) is 0 Å².